The molecule has 0 fully saturated rings. The number of pyridine rings is 1. The summed E-state index contributed by atoms with van der Waals surface area (Å²) in [5.74, 6) is -0.0156. The molecular weight excluding hydrogens is 242 g/mol. The largest absolute Gasteiger partial charge is 0.464 e. The Morgan fingerprint density at radius 1 is 1.37 bits per heavy atom. The lowest BCUT2D eigenvalue weighted by Gasteiger charge is -2.20. The lowest BCUT2D eigenvalue weighted by molar-refractivity contribution is -0.147. The highest BCUT2D eigenvalue weighted by molar-refractivity contribution is 5.74. The van der Waals surface area contributed by atoms with E-state index in [0.717, 1.165) is 5.56 Å². The standard InChI is InChI=1S/C15H23NO3/c1-5-12-8-7-9-16(14(12)17)13(10-11(3)4)15(18)19-6-2/h7-9,11,13H,5-6,10H2,1-4H3. The van der Waals surface area contributed by atoms with Crippen LogP contribution in [0.15, 0.2) is 23.1 Å². The van der Waals surface area contributed by atoms with Crippen molar-refractivity contribution in [3.63, 3.8) is 0 Å². The minimum Gasteiger partial charge on any atom is -0.464 e. The minimum absolute atomic E-state index is 0.0938. The molecule has 1 heterocycles. The van der Waals surface area contributed by atoms with Gasteiger partial charge in [0.25, 0.3) is 5.56 Å². The van der Waals surface area contributed by atoms with E-state index in [-0.39, 0.29) is 11.5 Å². The first-order valence-electron chi connectivity index (χ1n) is 6.87. The van der Waals surface area contributed by atoms with Crippen molar-refractivity contribution >= 4 is 5.97 Å². The van der Waals surface area contributed by atoms with Crippen LogP contribution in [0.2, 0.25) is 0 Å². The zero-order valence-corrected chi connectivity index (χ0v) is 12.2. The number of nitrogens with zero attached hydrogens (tertiary/aromatic N) is 1. The molecular formula is C15H23NO3. The van der Waals surface area contributed by atoms with E-state index in [1.165, 1.54) is 4.57 Å². The molecule has 4 nitrogen and oxygen atoms in total. The Kier molecular flexibility index (Phi) is 5.80. The molecule has 1 rings (SSSR count). The van der Waals surface area contributed by atoms with E-state index in [4.69, 9.17) is 4.74 Å². The Morgan fingerprint density at radius 2 is 2.05 bits per heavy atom. The van der Waals surface area contributed by atoms with Crippen LogP contribution in [0.1, 0.15) is 45.7 Å². The number of aryl methyl sites for hydroxylation is 1. The van der Waals surface area contributed by atoms with Gasteiger partial charge in [-0.2, -0.15) is 0 Å². The Balaban J connectivity index is 3.17. The smallest absolute Gasteiger partial charge is 0.329 e. The van der Waals surface area contributed by atoms with Crippen molar-refractivity contribution < 1.29 is 9.53 Å². The number of carbonyl (C=O) groups is 1. The number of carbonyl (C=O) groups excluding carboxylic acids is 1. The number of hydrogen-bond donors (Lipinski definition) is 0. The van der Waals surface area contributed by atoms with Gasteiger partial charge in [-0.1, -0.05) is 26.8 Å². The van der Waals surface area contributed by atoms with Gasteiger partial charge in [0.05, 0.1) is 6.61 Å². The van der Waals surface area contributed by atoms with Crippen LogP contribution in [-0.2, 0) is 16.0 Å². The molecule has 106 valence electrons. The van der Waals surface area contributed by atoms with Crippen LogP contribution < -0.4 is 5.56 Å². The normalized spacial score (nSPS) is 12.5. The molecule has 0 saturated carbocycles. The lowest BCUT2D eigenvalue weighted by atomic mass is 10.0. The number of aromatic nitrogens is 1. The van der Waals surface area contributed by atoms with Gasteiger partial charge >= 0.3 is 5.97 Å². The van der Waals surface area contributed by atoms with Crippen molar-refractivity contribution in [3.05, 3.63) is 34.2 Å². The molecule has 0 amide bonds. The third kappa shape index (κ3) is 3.94. The first kappa shape index (κ1) is 15.5. The molecule has 0 spiro atoms. The molecule has 0 saturated heterocycles. The number of rotatable bonds is 6. The van der Waals surface area contributed by atoms with E-state index in [1.54, 1.807) is 19.2 Å². The average Bonchev–Trinajstić information content (AvgIpc) is 2.36. The quantitative estimate of drug-likeness (QED) is 0.743. The first-order valence-corrected chi connectivity index (χ1v) is 6.87. The Hall–Kier alpha value is -1.58. The third-order valence-electron chi connectivity index (χ3n) is 3.02. The summed E-state index contributed by atoms with van der Waals surface area (Å²) < 4.78 is 6.60. The third-order valence-corrected chi connectivity index (χ3v) is 3.02. The van der Waals surface area contributed by atoms with E-state index < -0.39 is 6.04 Å². The summed E-state index contributed by atoms with van der Waals surface area (Å²) in [7, 11) is 0. The van der Waals surface area contributed by atoms with Crippen LogP contribution in [0.25, 0.3) is 0 Å². The molecule has 4 heteroatoms. The van der Waals surface area contributed by atoms with Gasteiger partial charge in [0.15, 0.2) is 0 Å². The summed E-state index contributed by atoms with van der Waals surface area (Å²) in [6.07, 6.45) is 2.94. The molecule has 0 aliphatic carbocycles. The van der Waals surface area contributed by atoms with Crippen LogP contribution in [0.5, 0.6) is 0 Å². The van der Waals surface area contributed by atoms with Crippen LogP contribution in [-0.4, -0.2) is 17.1 Å². The van der Waals surface area contributed by atoms with Crippen molar-refractivity contribution in [3.8, 4) is 0 Å². The number of esters is 1. The molecule has 1 aromatic rings. The Bertz CT molecular complexity index is 477. The Labute approximate surface area is 114 Å². The fraction of sp³-hybridized carbons (Fsp3) is 0.600. The molecule has 0 radical (unpaired) electrons. The van der Waals surface area contributed by atoms with E-state index in [2.05, 4.69) is 0 Å². The van der Waals surface area contributed by atoms with E-state index in [0.29, 0.717) is 25.4 Å². The predicted octanol–water partition coefficient (Wildman–Crippen LogP) is 2.56. The van der Waals surface area contributed by atoms with Gasteiger partial charge in [-0.3, -0.25) is 4.79 Å². The fourth-order valence-electron chi connectivity index (χ4n) is 2.08. The fourth-order valence-corrected chi connectivity index (χ4v) is 2.08. The number of hydrogen-bond acceptors (Lipinski definition) is 3. The Morgan fingerprint density at radius 3 is 2.58 bits per heavy atom. The molecule has 1 aromatic heterocycles. The highest BCUT2D eigenvalue weighted by Crippen LogP contribution is 2.18. The second-order valence-corrected chi connectivity index (χ2v) is 5.00. The minimum atomic E-state index is -0.529. The van der Waals surface area contributed by atoms with Gasteiger partial charge in [-0.25, -0.2) is 4.79 Å². The summed E-state index contributed by atoms with van der Waals surface area (Å²) >= 11 is 0. The van der Waals surface area contributed by atoms with Crippen molar-refractivity contribution in [1.82, 2.24) is 4.57 Å². The monoisotopic (exact) mass is 265 g/mol. The molecule has 19 heavy (non-hydrogen) atoms. The molecule has 1 atom stereocenters. The van der Waals surface area contributed by atoms with Gasteiger partial charge in [-0.05, 0) is 31.7 Å². The van der Waals surface area contributed by atoms with Gasteiger partial charge in [-0.15, -0.1) is 0 Å². The molecule has 0 aromatic carbocycles. The molecule has 0 aliphatic rings. The maximum atomic E-state index is 12.3. The molecule has 0 bridgehead atoms. The second-order valence-electron chi connectivity index (χ2n) is 5.00. The van der Waals surface area contributed by atoms with E-state index in [9.17, 15) is 9.59 Å². The van der Waals surface area contributed by atoms with E-state index >= 15 is 0 Å². The second kappa shape index (κ2) is 7.12. The van der Waals surface area contributed by atoms with E-state index in [1.807, 2.05) is 26.8 Å². The van der Waals surface area contributed by atoms with Crippen molar-refractivity contribution in [2.24, 2.45) is 5.92 Å². The van der Waals surface area contributed by atoms with Gasteiger partial charge in [0, 0.05) is 11.8 Å². The summed E-state index contributed by atoms with van der Waals surface area (Å²) in [6.45, 7) is 8.09. The summed E-state index contributed by atoms with van der Waals surface area (Å²) in [5, 5.41) is 0. The van der Waals surface area contributed by atoms with Crippen LogP contribution in [0, 0.1) is 5.92 Å². The van der Waals surface area contributed by atoms with Gasteiger partial charge in [0.1, 0.15) is 6.04 Å². The topological polar surface area (TPSA) is 48.3 Å². The van der Waals surface area contributed by atoms with Crippen LogP contribution in [0.4, 0.5) is 0 Å². The summed E-state index contributed by atoms with van der Waals surface area (Å²) in [5.41, 5.74) is 0.629. The maximum absolute atomic E-state index is 12.3. The molecule has 0 N–H and O–H groups in total. The average molecular weight is 265 g/mol. The van der Waals surface area contributed by atoms with Crippen molar-refractivity contribution in [2.45, 2.75) is 46.6 Å². The van der Waals surface area contributed by atoms with Crippen LogP contribution in [0.3, 0.4) is 0 Å². The van der Waals surface area contributed by atoms with Crippen molar-refractivity contribution in [1.29, 1.82) is 0 Å². The SMILES string of the molecule is CCOC(=O)C(CC(C)C)n1cccc(CC)c1=O. The van der Waals surface area contributed by atoms with Crippen LogP contribution >= 0.6 is 0 Å². The first-order chi connectivity index (χ1) is 9.01. The highest BCUT2D eigenvalue weighted by atomic mass is 16.5. The lowest BCUT2D eigenvalue weighted by Crippen LogP contribution is -2.33. The molecule has 1 unspecified atom stereocenters. The maximum Gasteiger partial charge on any atom is 0.329 e. The zero-order chi connectivity index (χ0) is 14.4. The number of ether oxygens (including phenoxy) is 1. The predicted molar refractivity (Wildman–Crippen MR) is 75.2 cm³/mol. The van der Waals surface area contributed by atoms with Gasteiger partial charge < -0.3 is 9.30 Å². The van der Waals surface area contributed by atoms with Gasteiger partial charge in [0.2, 0.25) is 0 Å². The summed E-state index contributed by atoms with van der Waals surface area (Å²) in [4.78, 5) is 24.3. The molecule has 0 aliphatic heterocycles. The zero-order valence-electron chi connectivity index (χ0n) is 12.2. The van der Waals surface area contributed by atoms with Crippen molar-refractivity contribution in [2.75, 3.05) is 6.61 Å². The summed E-state index contributed by atoms with van der Waals surface area (Å²) in [6, 6.07) is 3.09. The highest BCUT2D eigenvalue weighted by Gasteiger charge is 2.24.